The van der Waals surface area contributed by atoms with Gasteiger partial charge in [0, 0.05) is 5.56 Å². The van der Waals surface area contributed by atoms with Crippen LogP contribution in [0.25, 0.3) is 0 Å². The molecule has 0 aliphatic heterocycles. The number of ether oxygens (including phenoxy) is 1. The fourth-order valence-electron chi connectivity index (χ4n) is 3.31. The van der Waals surface area contributed by atoms with E-state index in [1.54, 1.807) is 24.3 Å². The molecule has 168 valence electrons. The van der Waals surface area contributed by atoms with Crippen LogP contribution in [0.2, 0.25) is 0 Å². The van der Waals surface area contributed by atoms with Crippen molar-refractivity contribution in [2.45, 2.75) is 26.4 Å². The van der Waals surface area contributed by atoms with Gasteiger partial charge in [-0.3, -0.25) is 9.10 Å². The standard InChI is InChI=1S/C25H28N2O4S/c1-4-31-24-16-12-21(13-17-24)19(2)26-25(28)22-10-14-23(15-11-22)27(32(3,29)30)18-20-8-6-5-7-9-20/h5-17,19H,4,18H2,1-3H3,(H,26,28)/t19-/m1/s1. The average molecular weight is 453 g/mol. The summed E-state index contributed by atoms with van der Waals surface area (Å²) in [6.45, 7) is 4.66. The number of carbonyl (C=O) groups is 1. The minimum Gasteiger partial charge on any atom is -0.494 e. The number of nitrogens with one attached hydrogen (secondary N) is 1. The summed E-state index contributed by atoms with van der Waals surface area (Å²) in [4.78, 5) is 12.7. The summed E-state index contributed by atoms with van der Waals surface area (Å²) in [6.07, 6.45) is 1.18. The number of amides is 1. The highest BCUT2D eigenvalue weighted by Gasteiger charge is 2.19. The molecule has 1 N–H and O–H groups in total. The highest BCUT2D eigenvalue weighted by Crippen LogP contribution is 2.22. The maximum atomic E-state index is 12.7. The van der Waals surface area contributed by atoms with Gasteiger partial charge in [-0.05, 0) is 61.4 Å². The number of carbonyl (C=O) groups excluding carboxylic acids is 1. The minimum absolute atomic E-state index is 0.191. The molecule has 0 unspecified atom stereocenters. The van der Waals surface area contributed by atoms with E-state index >= 15 is 0 Å². The zero-order valence-electron chi connectivity index (χ0n) is 18.5. The smallest absolute Gasteiger partial charge is 0.251 e. The van der Waals surface area contributed by atoms with Gasteiger partial charge in [0.05, 0.1) is 31.1 Å². The van der Waals surface area contributed by atoms with Crippen LogP contribution in [0.3, 0.4) is 0 Å². The van der Waals surface area contributed by atoms with Gasteiger partial charge >= 0.3 is 0 Å². The third-order valence-corrected chi connectivity index (χ3v) is 6.17. The highest BCUT2D eigenvalue weighted by atomic mass is 32.2. The van der Waals surface area contributed by atoms with E-state index < -0.39 is 10.0 Å². The lowest BCUT2D eigenvalue weighted by Gasteiger charge is -2.23. The fraction of sp³-hybridized carbons (Fsp3) is 0.240. The summed E-state index contributed by atoms with van der Waals surface area (Å²) in [5, 5.41) is 2.97. The first-order chi connectivity index (χ1) is 15.3. The predicted octanol–water partition coefficient (Wildman–Crippen LogP) is 4.54. The predicted molar refractivity (Wildman–Crippen MR) is 127 cm³/mol. The fourth-order valence-corrected chi connectivity index (χ4v) is 4.20. The van der Waals surface area contributed by atoms with Crippen molar-refractivity contribution in [3.05, 3.63) is 95.6 Å². The summed E-state index contributed by atoms with van der Waals surface area (Å²) >= 11 is 0. The molecule has 0 saturated heterocycles. The molecule has 0 aromatic heterocycles. The number of hydrogen-bond donors (Lipinski definition) is 1. The Bertz CT molecular complexity index is 1130. The van der Waals surface area contributed by atoms with Crippen LogP contribution in [0, 0.1) is 0 Å². The van der Waals surface area contributed by atoms with Crippen LogP contribution in [0.1, 0.15) is 41.4 Å². The number of nitrogens with zero attached hydrogens (tertiary/aromatic N) is 1. The Morgan fingerprint density at radius 3 is 2.16 bits per heavy atom. The lowest BCUT2D eigenvalue weighted by Crippen LogP contribution is -2.29. The van der Waals surface area contributed by atoms with E-state index in [0.717, 1.165) is 16.9 Å². The lowest BCUT2D eigenvalue weighted by atomic mass is 10.1. The van der Waals surface area contributed by atoms with Crippen LogP contribution >= 0.6 is 0 Å². The van der Waals surface area contributed by atoms with Gasteiger partial charge < -0.3 is 10.1 Å². The maximum absolute atomic E-state index is 12.7. The Morgan fingerprint density at radius 2 is 1.59 bits per heavy atom. The van der Waals surface area contributed by atoms with Crippen LogP contribution in [0.15, 0.2) is 78.9 Å². The van der Waals surface area contributed by atoms with E-state index in [-0.39, 0.29) is 18.5 Å². The number of benzene rings is 3. The van der Waals surface area contributed by atoms with Crippen molar-refractivity contribution in [3.8, 4) is 5.75 Å². The van der Waals surface area contributed by atoms with Crippen LogP contribution in [-0.4, -0.2) is 27.2 Å². The second kappa shape index (κ2) is 10.3. The second-order valence-corrected chi connectivity index (χ2v) is 9.41. The van der Waals surface area contributed by atoms with Gasteiger partial charge in [0.2, 0.25) is 10.0 Å². The summed E-state index contributed by atoms with van der Waals surface area (Å²) < 4.78 is 31.5. The topological polar surface area (TPSA) is 75.7 Å². The molecule has 6 nitrogen and oxygen atoms in total. The van der Waals surface area contributed by atoms with Gasteiger partial charge in [0.25, 0.3) is 5.91 Å². The highest BCUT2D eigenvalue weighted by molar-refractivity contribution is 7.92. The average Bonchev–Trinajstić information content (AvgIpc) is 2.78. The van der Waals surface area contributed by atoms with E-state index in [0.29, 0.717) is 17.9 Å². The Labute approximate surface area is 189 Å². The first-order valence-electron chi connectivity index (χ1n) is 10.4. The van der Waals surface area contributed by atoms with Gasteiger partial charge in [-0.15, -0.1) is 0 Å². The zero-order valence-corrected chi connectivity index (χ0v) is 19.3. The quantitative estimate of drug-likeness (QED) is 0.517. The molecule has 1 amide bonds. The maximum Gasteiger partial charge on any atom is 0.251 e. The molecule has 0 spiro atoms. The van der Waals surface area contributed by atoms with Gasteiger partial charge in [0.1, 0.15) is 5.75 Å². The number of rotatable bonds is 9. The van der Waals surface area contributed by atoms with E-state index in [9.17, 15) is 13.2 Å². The van der Waals surface area contributed by atoms with Crippen molar-refractivity contribution in [3.63, 3.8) is 0 Å². The molecule has 0 aliphatic rings. The third-order valence-electron chi connectivity index (χ3n) is 5.03. The molecular formula is C25H28N2O4S. The summed E-state index contributed by atoms with van der Waals surface area (Å²) in [5.74, 6) is 0.559. The SMILES string of the molecule is CCOc1ccc([C@@H](C)NC(=O)c2ccc(N(Cc3ccccc3)S(C)(=O)=O)cc2)cc1. The third kappa shape index (κ3) is 6.11. The summed E-state index contributed by atoms with van der Waals surface area (Å²) in [7, 11) is -3.49. The van der Waals surface area contributed by atoms with Gasteiger partial charge in [-0.25, -0.2) is 8.42 Å². The Balaban J connectivity index is 1.71. The largest absolute Gasteiger partial charge is 0.494 e. The number of hydrogen-bond acceptors (Lipinski definition) is 4. The van der Waals surface area contributed by atoms with Crippen LogP contribution in [0.5, 0.6) is 5.75 Å². The molecule has 3 rings (SSSR count). The monoisotopic (exact) mass is 452 g/mol. The molecule has 0 heterocycles. The van der Waals surface area contributed by atoms with E-state index in [4.69, 9.17) is 4.74 Å². The van der Waals surface area contributed by atoms with Crippen molar-refractivity contribution < 1.29 is 17.9 Å². The Morgan fingerprint density at radius 1 is 0.969 bits per heavy atom. The van der Waals surface area contributed by atoms with E-state index in [1.165, 1.54) is 10.6 Å². The molecule has 7 heteroatoms. The minimum atomic E-state index is -3.49. The molecular weight excluding hydrogens is 424 g/mol. The van der Waals surface area contributed by atoms with Crippen molar-refractivity contribution in [1.82, 2.24) is 5.32 Å². The van der Waals surface area contributed by atoms with Crippen molar-refractivity contribution in [2.24, 2.45) is 0 Å². The van der Waals surface area contributed by atoms with E-state index in [2.05, 4.69) is 5.32 Å². The molecule has 0 aliphatic carbocycles. The van der Waals surface area contributed by atoms with Crippen LogP contribution < -0.4 is 14.4 Å². The Kier molecular flexibility index (Phi) is 7.53. The van der Waals surface area contributed by atoms with Crippen LogP contribution in [-0.2, 0) is 16.6 Å². The summed E-state index contributed by atoms with van der Waals surface area (Å²) in [5.41, 5.74) is 2.81. The van der Waals surface area contributed by atoms with Crippen LogP contribution in [0.4, 0.5) is 5.69 Å². The lowest BCUT2D eigenvalue weighted by molar-refractivity contribution is 0.0940. The zero-order chi connectivity index (χ0) is 23.1. The van der Waals surface area contributed by atoms with Gasteiger partial charge in [0.15, 0.2) is 0 Å². The first-order valence-corrected chi connectivity index (χ1v) is 12.3. The van der Waals surface area contributed by atoms with Crippen molar-refractivity contribution in [2.75, 3.05) is 17.2 Å². The number of anilines is 1. The normalized spacial score (nSPS) is 12.1. The van der Waals surface area contributed by atoms with E-state index in [1.807, 2.05) is 68.4 Å². The molecule has 1 atom stereocenters. The summed E-state index contributed by atoms with van der Waals surface area (Å²) in [6, 6.07) is 23.4. The molecule has 0 radical (unpaired) electrons. The molecule has 0 saturated carbocycles. The molecule has 32 heavy (non-hydrogen) atoms. The Hall–Kier alpha value is -3.32. The molecule has 0 bridgehead atoms. The van der Waals surface area contributed by atoms with Gasteiger partial charge in [-0.1, -0.05) is 42.5 Å². The van der Waals surface area contributed by atoms with Crippen molar-refractivity contribution in [1.29, 1.82) is 0 Å². The second-order valence-electron chi connectivity index (χ2n) is 7.50. The number of sulfonamides is 1. The van der Waals surface area contributed by atoms with Gasteiger partial charge in [-0.2, -0.15) is 0 Å². The van der Waals surface area contributed by atoms with Crippen molar-refractivity contribution >= 4 is 21.6 Å². The molecule has 3 aromatic carbocycles. The first kappa shape index (κ1) is 23.3. The molecule has 3 aromatic rings. The molecule has 0 fully saturated rings.